The number of imidazole rings is 1. The van der Waals surface area contributed by atoms with Crippen LogP contribution in [-0.4, -0.2) is 27.9 Å². The maximum atomic E-state index is 13.9. The van der Waals surface area contributed by atoms with Gasteiger partial charge in [-0.1, -0.05) is 24.3 Å². The molecule has 26 heavy (non-hydrogen) atoms. The Kier molecular flexibility index (Phi) is 3.93. The zero-order valence-corrected chi connectivity index (χ0v) is 15.5. The molecule has 1 aromatic heterocycles. The van der Waals surface area contributed by atoms with Gasteiger partial charge >= 0.3 is 7.12 Å². The fraction of sp³-hybridized carbons (Fsp3) is 0.350. The molecule has 0 N–H and O–H groups in total. The van der Waals surface area contributed by atoms with Crippen LogP contribution in [0.5, 0.6) is 0 Å². The first kappa shape index (κ1) is 17.2. The Morgan fingerprint density at radius 2 is 1.73 bits per heavy atom. The van der Waals surface area contributed by atoms with Crippen LogP contribution < -0.4 is 5.46 Å². The van der Waals surface area contributed by atoms with E-state index in [1.54, 1.807) is 18.5 Å². The van der Waals surface area contributed by atoms with Gasteiger partial charge in [0, 0.05) is 5.56 Å². The number of nitrogens with zero attached hydrogens (tertiary/aromatic N) is 2. The molecule has 6 heteroatoms. The van der Waals surface area contributed by atoms with E-state index in [2.05, 4.69) is 4.98 Å². The van der Waals surface area contributed by atoms with Gasteiger partial charge in [-0.05, 0) is 51.4 Å². The first-order valence-corrected chi connectivity index (χ1v) is 8.81. The molecule has 1 aliphatic heterocycles. The van der Waals surface area contributed by atoms with Gasteiger partial charge in [-0.2, -0.15) is 0 Å². The van der Waals surface area contributed by atoms with E-state index in [0.717, 1.165) is 16.5 Å². The van der Waals surface area contributed by atoms with Crippen molar-refractivity contribution in [2.75, 3.05) is 0 Å². The summed E-state index contributed by atoms with van der Waals surface area (Å²) in [5.74, 6) is -0.205. The minimum atomic E-state index is -0.416. The molecule has 2 aromatic carbocycles. The number of rotatable bonds is 3. The molecular formula is C20H22BFN2O2. The molecule has 4 nitrogen and oxygen atoms in total. The highest BCUT2D eigenvalue weighted by molar-refractivity contribution is 6.62. The SMILES string of the molecule is CC1(C)OB(c2ccc3c(c2)ncn3Cc2ccccc2F)OC1(C)C. The minimum absolute atomic E-state index is 0.205. The van der Waals surface area contributed by atoms with Crippen LogP contribution in [0.3, 0.4) is 0 Å². The normalized spacial score (nSPS) is 18.6. The Hall–Kier alpha value is -2.18. The summed E-state index contributed by atoms with van der Waals surface area (Å²) < 4.78 is 28.1. The predicted molar refractivity (Wildman–Crippen MR) is 101 cm³/mol. The van der Waals surface area contributed by atoms with E-state index >= 15 is 0 Å². The summed E-state index contributed by atoms with van der Waals surface area (Å²) in [5.41, 5.74) is 2.62. The Bertz CT molecular complexity index is 951. The molecule has 134 valence electrons. The van der Waals surface area contributed by atoms with Gasteiger partial charge in [-0.15, -0.1) is 0 Å². The number of hydrogen-bond donors (Lipinski definition) is 0. The molecule has 3 aromatic rings. The van der Waals surface area contributed by atoms with Crippen molar-refractivity contribution >= 4 is 23.6 Å². The van der Waals surface area contributed by atoms with Crippen LogP contribution in [-0.2, 0) is 15.9 Å². The van der Waals surface area contributed by atoms with Crippen LogP contribution in [0.25, 0.3) is 11.0 Å². The van der Waals surface area contributed by atoms with Crippen LogP contribution in [0.2, 0.25) is 0 Å². The zero-order chi connectivity index (χ0) is 18.5. The van der Waals surface area contributed by atoms with Gasteiger partial charge in [0.15, 0.2) is 0 Å². The van der Waals surface area contributed by atoms with Gasteiger partial charge in [0.05, 0.1) is 35.1 Å². The number of fused-ring (bicyclic) bond motifs is 1. The Balaban J connectivity index is 1.63. The summed E-state index contributed by atoms with van der Waals surface area (Å²) in [7, 11) is -0.416. The second-order valence-corrected chi connectivity index (χ2v) is 7.80. The number of hydrogen-bond acceptors (Lipinski definition) is 3. The highest BCUT2D eigenvalue weighted by atomic mass is 19.1. The van der Waals surface area contributed by atoms with E-state index in [-0.39, 0.29) is 17.0 Å². The van der Waals surface area contributed by atoms with Gasteiger partial charge in [0.25, 0.3) is 0 Å². The fourth-order valence-corrected chi connectivity index (χ4v) is 3.14. The van der Waals surface area contributed by atoms with Crippen molar-refractivity contribution in [3.05, 3.63) is 60.2 Å². The first-order valence-electron chi connectivity index (χ1n) is 8.81. The molecule has 0 spiro atoms. The number of halogens is 1. The van der Waals surface area contributed by atoms with Crippen LogP contribution in [0.4, 0.5) is 4.39 Å². The molecule has 0 aliphatic carbocycles. The van der Waals surface area contributed by atoms with Gasteiger partial charge in [-0.3, -0.25) is 0 Å². The highest BCUT2D eigenvalue weighted by Crippen LogP contribution is 2.36. The van der Waals surface area contributed by atoms with Crippen LogP contribution in [0, 0.1) is 5.82 Å². The van der Waals surface area contributed by atoms with E-state index in [1.165, 1.54) is 6.07 Å². The standard InChI is InChI=1S/C20H22BFN2O2/c1-19(2)20(3,4)26-21(25-19)15-9-10-18-17(11-15)23-13-24(18)12-14-7-5-6-8-16(14)22/h5-11,13H,12H2,1-4H3. The lowest BCUT2D eigenvalue weighted by Gasteiger charge is -2.32. The van der Waals surface area contributed by atoms with Gasteiger partial charge in [0.1, 0.15) is 5.82 Å². The summed E-state index contributed by atoms with van der Waals surface area (Å²) in [6, 6.07) is 12.8. The second kappa shape index (κ2) is 5.93. The minimum Gasteiger partial charge on any atom is -0.399 e. The van der Waals surface area contributed by atoms with Crippen molar-refractivity contribution in [2.24, 2.45) is 0 Å². The van der Waals surface area contributed by atoms with E-state index in [1.807, 2.05) is 56.5 Å². The quantitative estimate of drug-likeness (QED) is 0.677. The molecule has 0 amide bonds. The molecule has 1 aliphatic rings. The zero-order valence-electron chi connectivity index (χ0n) is 15.5. The predicted octanol–water partition coefficient (Wildman–Crippen LogP) is 3.52. The van der Waals surface area contributed by atoms with E-state index in [9.17, 15) is 4.39 Å². The Morgan fingerprint density at radius 1 is 1.04 bits per heavy atom. The number of aromatic nitrogens is 2. The van der Waals surface area contributed by atoms with Crippen molar-refractivity contribution in [3.63, 3.8) is 0 Å². The van der Waals surface area contributed by atoms with Gasteiger partial charge < -0.3 is 13.9 Å². The smallest absolute Gasteiger partial charge is 0.399 e. The lowest BCUT2D eigenvalue weighted by molar-refractivity contribution is 0.00578. The summed E-state index contributed by atoms with van der Waals surface area (Å²) >= 11 is 0. The Labute approximate surface area is 153 Å². The molecule has 1 saturated heterocycles. The fourth-order valence-electron chi connectivity index (χ4n) is 3.14. The highest BCUT2D eigenvalue weighted by Gasteiger charge is 2.51. The molecule has 1 fully saturated rings. The maximum absolute atomic E-state index is 13.9. The molecule has 0 bridgehead atoms. The largest absolute Gasteiger partial charge is 0.494 e. The van der Waals surface area contributed by atoms with Gasteiger partial charge in [-0.25, -0.2) is 9.37 Å². The lowest BCUT2D eigenvalue weighted by Crippen LogP contribution is -2.41. The molecule has 0 radical (unpaired) electrons. The van der Waals surface area contributed by atoms with Crippen molar-refractivity contribution in [3.8, 4) is 0 Å². The lowest BCUT2D eigenvalue weighted by atomic mass is 9.79. The summed E-state index contributed by atoms with van der Waals surface area (Å²) in [6.45, 7) is 8.59. The molecule has 2 heterocycles. The molecule has 0 saturated carbocycles. The topological polar surface area (TPSA) is 36.3 Å². The molecule has 4 rings (SSSR count). The third kappa shape index (κ3) is 2.83. The molecule has 0 unspecified atom stereocenters. The summed E-state index contributed by atoms with van der Waals surface area (Å²) in [5, 5.41) is 0. The van der Waals surface area contributed by atoms with Crippen molar-refractivity contribution < 1.29 is 13.7 Å². The third-order valence-corrected chi connectivity index (χ3v) is 5.47. The van der Waals surface area contributed by atoms with E-state index in [4.69, 9.17) is 9.31 Å². The van der Waals surface area contributed by atoms with Crippen LogP contribution in [0.15, 0.2) is 48.8 Å². The first-order chi connectivity index (χ1) is 12.3. The van der Waals surface area contributed by atoms with E-state index < -0.39 is 7.12 Å². The Morgan fingerprint density at radius 3 is 2.42 bits per heavy atom. The van der Waals surface area contributed by atoms with Crippen molar-refractivity contribution in [1.82, 2.24) is 9.55 Å². The third-order valence-electron chi connectivity index (χ3n) is 5.47. The van der Waals surface area contributed by atoms with Crippen molar-refractivity contribution in [2.45, 2.75) is 45.4 Å². The average molecular weight is 352 g/mol. The summed E-state index contributed by atoms with van der Waals surface area (Å²) in [6.07, 6.45) is 1.74. The van der Waals surface area contributed by atoms with Crippen LogP contribution >= 0.6 is 0 Å². The average Bonchev–Trinajstić information content (AvgIpc) is 3.07. The second-order valence-electron chi connectivity index (χ2n) is 7.80. The molecular weight excluding hydrogens is 330 g/mol. The van der Waals surface area contributed by atoms with Gasteiger partial charge in [0.2, 0.25) is 0 Å². The molecule has 0 atom stereocenters. The van der Waals surface area contributed by atoms with E-state index in [0.29, 0.717) is 12.1 Å². The number of benzene rings is 2. The van der Waals surface area contributed by atoms with Crippen LogP contribution in [0.1, 0.15) is 33.3 Å². The monoisotopic (exact) mass is 352 g/mol. The van der Waals surface area contributed by atoms with Crippen molar-refractivity contribution in [1.29, 1.82) is 0 Å². The maximum Gasteiger partial charge on any atom is 0.494 e. The summed E-state index contributed by atoms with van der Waals surface area (Å²) in [4.78, 5) is 4.48.